The van der Waals surface area contributed by atoms with Crippen molar-refractivity contribution in [2.24, 2.45) is 4.99 Å². The molecular formula is C16H26BrIN4O. The lowest BCUT2D eigenvalue weighted by Crippen LogP contribution is -2.38. The molecule has 0 aromatic heterocycles. The molecule has 0 radical (unpaired) electrons. The van der Waals surface area contributed by atoms with Crippen LogP contribution in [0.4, 0.5) is 0 Å². The molecule has 0 atom stereocenters. The lowest BCUT2D eigenvalue weighted by Gasteiger charge is -2.22. The molecule has 0 aliphatic rings. The maximum atomic E-state index is 11.6. The molecule has 0 aliphatic heterocycles. The topological polar surface area (TPSA) is 47.9 Å². The highest BCUT2D eigenvalue weighted by molar-refractivity contribution is 14.0. The first-order valence-electron chi connectivity index (χ1n) is 7.38. The Morgan fingerprint density at radius 2 is 1.83 bits per heavy atom. The number of hydrogen-bond acceptors (Lipinski definition) is 2. The number of carbonyl (C=O) groups is 1. The standard InChI is InChI=1S/C16H25BrN4O.HI/c1-5-18-16(19-11-10-15(22)20(2)3)21(4)12-13-6-8-14(17)9-7-13;/h6-9H,5,10-12H2,1-4H3,(H,18,19);1H. The predicted molar refractivity (Wildman–Crippen MR) is 110 cm³/mol. The number of hydrogen-bond donors (Lipinski definition) is 1. The fourth-order valence-electron chi connectivity index (χ4n) is 1.89. The van der Waals surface area contributed by atoms with Gasteiger partial charge in [-0.3, -0.25) is 9.79 Å². The van der Waals surface area contributed by atoms with E-state index in [0.29, 0.717) is 13.0 Å². The van der Waals surface area contributed by atoms with Crippen molar-refractivity contribution >= 4 is 51.8 Å². The summed E-state index contributed by atoms with van der Waals surface area (Å²) >= 11 is 3.44. The molecule has 0 fully saturated rings. The highest BCUT2D eigenvalue weighted by Gasteiger charge is 2.08. The summed E-state index contributed by atoms with van der Waals surface area (Å²) in [6, 6.07) is 8.23. The van der Waals surface area contributed by atoms with Crippen LogP contribution in [0.1, 0.15) is 18.9 Å². The van der Waals surface area contributed by atoms with E-state index in [1.165, 1.54) is 5.56 Å². The van der Waals surface area contributed by atoms with Gasteiger partial charge >= 0.3 is 0 Å². The van der Waals surface area contributed by atoms with Crippen molar-refractivity contribution in [2.45, 2.75) is 19.9 Å². The Kier molecular flexibility index (Phi) is 11.2. The van der Waals surface area contributed by atoms with E-state index in [2.05, 4.69) is 43.3 Å². The van der Waals surface area contributed by atoms with Crippen LogP contribution in [0.25, 0.3) is 0 Å². The molecule has 1 N–H and O–H groups in total. The Bertz CT molecular complexity index is 505. The van der Waals surface area contributed by atoms with E-state index in [-0.39, 0.29) is 29.9 Å². The zero-order valence-corrected chi connectivity index (χ0v) is 18.1. The molecule has 23 heavy (non-hydrogen) atoms. The summed E-state index contributed by atoms with van der Waals surface area (Å²) < 4.78 is 1.07. The van der Waals surface area contributed by atoms with Crippen LogP contribution in [-0.2, 0) is 11.3 Å². The molecule has 0 spiro atoms. The number of amides is 1. The van der Waals surface area contributed by atoms with E-state index < -0.39 is 0 Å². The van der Waals surface area contributed by atoms with Crippen LogP contribution in [0.3, 0.4) is 0 Å². The van der Waals surface area contributed by atoms with Gasteiger partial charge in [0.2, 0.25) is 5.91 Å². The van der Waals surface area contributed by atoms with E-state index in [4.69, 9.17) is 0 Å². The van der Waals surface area contributed by atoms with Crippen molar-refractivity contribution in [3.05, 3.63) is 34.3 Å². The molecule has 0 saturated heterocycles. The number of rotatable bonds is 6. The minimum atomic E-state index is 0. The highest BCUT2D eigenvalue weighted by atomic mass is 127. The maximum Gasteiger partial charge on any atom is 0.223 e. The molecular weight excluding hydrogens is 471 g/mol. The average Bonchev–Trinajstić information content (AvgIpc) is 2.48. The Labute approximate surface area is 164 Å². The minimum Gasteiger partial charge on any atom is -0.357 e. The second kappa shape index (κ2) is 11.7. The summed E-state index contributed by atoms with van der Waals surface area (Å²) in [5.41, 5.74) is 1.21. The van der Waals surface area contributed by atoms with Crippen molar-refractivity contribution < 1.29 is 4.79 Å². The number of carbonyl (C=O) groups excluding carboxylic acids is 1. The lowest BCUT2D eigenvalue weighted by molar-refractivity contribution is -0.128. The van der Waals surface area contributed by atoms with Crippen LogP contribution in [0, 0.1) is 0 Å². The molecule has 0 heterocycles. The van der Waals surface area contributed by atoms with Gasteiger partial charge in [0.05, 0.1) is 6.54 Å². The van der Waals surface area contributed by atoms with Gasteiger partial charge < -0.3 is 15.1 Å². The van der Waals surface area contributed by atoms with Gasteiger partial charge in [0.15, 0.2) is 5.96 Å². The second-order valence-electron chi connectivity index (χ2n) is 5.26. The Morgan fingerprint density at radius 1 is 1.22 bits per heavy atom. The van der Waals surface area contributed by atoms with Crippen molar-refractivity contribution in [3.63, 3.8) is 0 Å². The van der Waals surface area contributed by atoms with Gasteiger partial charge in [-0.2, -0.15) is 0 Å². The molecule has 1 amide bonds. The Morgan fingerprint density at radius 3 is 2.35 bits per heavy atom. The SMILES string of the molecule is CCNC(=NCCC(=O)N(C)C)N(C)Cc1ccc(Br)cc1.I. The van der Waals surface area contributed by atoms with Gasteiger partial charge in [0.1, 0.15) is 0 Å². The fourth-order valence-corrected chi connectivity index (χ4v) is 2.15. The molecule has 1 aromatic carbocycles. The highest BCUT2D eigenvalue weighted by Crippen LogP contribution is 2.11. The van der Waals surface area contributed by atoms with Crippen LogP contribution in [-0.4, -0.2) is 55.9 Å². The van der Waals surface area contributed by atoms with E-state index in [1.54, 1.807) is 19.0 Å². The molecule has 0 saturated carbocycles. The maximum absolute atomic E-state index is 11.6. The lowest BCUT2D eigenvalue weighted by atomic mass is 10.2. The van der Waals surface area contributed by atoms with Gasteiger partial charge in [-0.25, -0.2) is 0 Å². The van der Waals surface area contributed by atoms with E-state index in [9.17, 15) is 4.79 Å². The van der Waals surface area contributed by atoms with Crippen LogP contribution >= 0.6 is 39.9 Å². The van der Waals surface area contributed by atoms with Gasteiger partial charge in [-0.05, 0) is 24.6 Å². The Balaban J connectivity index is 0.00000484. The number of nitrogens with one attached hydrogen (secondary N) is 1. The van der Waals surface area contributed by atoms with Crippen LogP contribution < -0.4 is 5.32 Å². The van der Waals surface area contributed by atoms with Crippen LogP contribution in [0.2, 0.25) is 0 Å². The van der Waals surface area contributed by atoms with E-state index in [1.807, 2.05) is 26.1 Å². The molecule has 0 aliphatic carbocycles. The quantitative estimate of drug-likeness (QED) is 0.374. The van der Waals surface area contributed by atoms with Gasteiger partial charge in [-0.15, -0.1) is 24.0 Å². The Hall–Kier alpha value is -0.830. The summed E-state index contributed by atoms with van der Waals surface area (Å²) in [6.07, 6.45) is 0.425. The summed E-state index contributed by atoms with van der Waals surface area (Å²) in [6.45, 7) is 4.09. The molecule has 0 bridgehead atoms. The van der Waals surface area contributed by atoms with Gasteiger partial charge in [-0.1, -0.05) is 28.1 Å². The second-order valence-corrected chi connectivity index (χ2v) is 6.17. The fraction of sp³-hybridized carbons (Fsp3) is 0.500. The molecule has 130 valence electrons. The smallest absolute Gasteiger partial charge is 0.223 e. The van der Waals surface area contributed by atoms with Gasteiger partial charge in [0.25, 0.3) is 0 Å². The van der Waals surface area contributed by atoms with Crippen molar-refractivity contribution in [1.29, 1.82) is 0 Å². The third-order valence-electron chi connectivity index (χ3n) is 3.12. The van der Waals surface area contributed by atoms with Crippen LogP contribution in [0.15, 0.2) is 33.7 Å². The number of halogens is 2. The van der Waals surface area contributed by atoms with Gasteiger partial charge in [0, 0.05) is 45.1 Å². The first-order valence-corrected chi connectivity index (χ1v) is 8.17. The molecule has 1 rings (SSSR count). The number of benzene rings is 1. The summed E-state index contributed by atoms with van der Waals surface area (Å²) in [7, 11) is 5.52. The normalized spacial score (nSPS) is 10.7. The van der Waals surface area contributed by atoms with Crippen molar-refractivity contribution in [3.8, 4) is 0 Å². The summed E-state index contributed by atoms with van der Waals surface area (Å²) in [5, 5.41) is 3.26. The molecule has 7 heteroatoms. The van der Waals surface area contributed by atoms with E-state index >= 15 is 0 Å². The first kappa shape index (κ1) is 22.2. The average molecular weight is 497 g/mol. The number of nitrogens with zero attached hydrogens (tertiary/aromatic N) is 3. The summed E-state index contributed by atoms with van der Waals surface area (Å²) in [4.78, 5) is 19.8. The third-order valence-corrected chi connectivity index (χ3v) is 3.64. The zero-order chi connectivity index (χ0) is 16.5. The number of guanidine groups is 1. The zero-order valence-electron chi connectivity index (χ0n) is 14.2. The third kappa shape index (κ3) is 8.55. The minimum absolute atomic E-state index is 0. The molecule has 5 nitrogen and oxygen atoms in total. The van der Waals surface area contributed by atoms with Crippen molar-refractivity contribution in [1.82, 2.24) is 15.1 Å². The molecule has 1 aromatic rings. The first-order chi connectivity index (χ1) is 10.4. The predicted octanol–water partition coefficient (Wildman–Crippen LogP) is 2.94. The number of aliphatic imine (C=N–C) groups is 1. The van der Waals surface area contributed by atoms with Crippen molar-refractivity contribution in [2.75, 3.05) is 34.2 Å². The summed E-state index contributed by atoms with van der Waals surface area (Å²) in [5.74, 6) is 0.909. The van der Waals surface area contributed by atoms with E-state index in [0.717, 1.165) is 23.5 Å². The monoisotopic (exact) mass is 496 g/mol. The largest absolute Gasteiger partial charge is 0.357 e. The van der Waals surface area contributed by atoms with Crippen LogP contribution in [0.5, 0.6) is 0 Å². The molecule has 0 unspecified atom stereocenters.